The molecular formula is C36H49N7O5. The maximum atomic E-state index is 12.8. The van der Waals surface area contributed by atoms with Gasteiger partial charge >= 0.3 is 0 Å². The van der Waals surface area contributed by atoms with E-state index in [4.69, 9.17) is 19.9 Å². The molecule has 2 heterocycles. The summed E-state index contributed by atoms with van der Waals surface area (Å²) < 4.78 is 18.5. The average Bonchev–Trinajstić information content (AvgIpc) is 3.72. The number of fused-ring (bicyclic) bond motifs is 1. The van der Waals surface area contributed by atoms with Crippen LogP contribution < -0.4 is 16.4 Å². The summed E-state index contributed by atoms with van der Waals surface area (Å²) in [5.41, 5.74) is 10.6. The number of aldehydes is 1. The number of carbonyl (C=O) groups is 2. The molecule has 4 rings (SSSR count). The zero-order valence-electron chi connectivity index (χ0n) is 28.2. The molecule has 0 saturated heterocycles. The Morgan fingerprint density at radius 1 is 1.04 bits per heavy atom. The van der Waals surface area contributed by atoms with Crippen molar-refractivity contribution >= 4 is 17.9 Å². The summed E-state index contributed by atoms with van der Waals surface area (Å²) in [7, 11) is 1.81. The van der Waals surface area contributed by atoms with Gasteiger partial charge < -0.3 is 40.3 Å². The Hall–Kier alpha value is -4.54. The summed E-state index contributed by atoms with van der Waals surface area (Å²) in [6, 6.07) is 12.8. The Morgan fingerprint density at radius 3 is 2.44 bits per heavy atom. The van der Waals surface area contributed by atoms with E-state index in [0.29, 0.717) is 76.8 Å². The molecule has 1 atom stereocenters. The SMILES string of the molecule is C=CNC.CCCC(C=O)N1Cc2c(C#CCCNCCOCCOCCOCCn3cc(-c4ccc(N)cc4)nn3)cccc2C1=O. The van der Waals surface area contributed by atoms with Gasteiger partial charge in [-0.25, -0.2) is 4.68 Å². The third-order valence-electron chi connectivity index (χ3n) is 7.37. The van der Waals surface area contributed by atoms with Gasteiger partial charge in [-0.2, -0.15) is 0 Å². The third kappa shape index (κ3) is 12.6. The Morgan fingerprint density at radius 2 is 1.75 bits per heavy atom. The zero-order valence-corrected chi connectivity index (χ0v) is 28.2. The number of ether oxygens (including phenoxy) is 3. The van der Waals surface area contributed by atoms with Crippen LogP contribution in [-0.2, 0) is 32.1 Å². The zero-order chi connectivity index (χ0) is 34.4. The Kier molecular flexibility index (Phi) is 17.5. The van der Waals surface area contributed by atoms with Crippen molar-refractivity contribution in [1.29, 1.82) is 0 Å². The fraction of sp³-hybridized carbons (Fsp3) is 0.444. The van der Waals surface area contributed by atoms with Gasteiger partial charge in [0, 0.05) is 55.5 Å². The van der Waals surface area contributed by atoms with Crippen molar-refractivity contribution in [3.63, 3.8) is 0 Å². The number of nitrogens with zero attached hydrogens (tertiary/aromatic N) is 4. The van der Waals surface area contributed by atoms with Crippen LogP contribution in [0.5, 0.6) is 0 Å². The number of hydrogen-bond donors (Lipinski definition) is 3. The molecule has 0 bridgehead atoms. The second-order valence-electron chi connectivity index (χ2n) is 10.9. The summed E-state index contributed by atoms with van der Waals surface area (Å²) in [4.78, 5) is 26.0. The molecule has 258 valence electrons. The van der Waals surface area contributed by atoms with E-state index in [1.807, 2.05) is 62.6 Å². The molecule has 4 N–H and O–H groups in total. The molecule has 1 aliphatic rings. The lowest BCUT2D eigenvalue weighted by atomic mass is 10.0. The van der Waals surface area contributed by atoms with Crippen LogP contribution in [0.3, 0.4) is 0 Å². The molecule has 1 amide bonds. The molecule has 3 aromatic rings. The number of nitrogens with one attached hydrogen (secondary N) is 2. The van der Waals surface area contributed by atoms with E-state index < -0.39 is 0 Å². The summed E-state index contributed by atoms with van der Waals surface area (Å²) in [6.45, 7) is 11.0. The number of benzene rings is 2. The Bertz CT molecular complexity index is 1470. The number of nitrogen functional groups attached to an aromatic ring is 1. The minimum atomic E-state index is -0.383. The van der Waals surface area contributed by atoms with E-state index in [9.17, 15) is 9.59 Å². The number of rotatable bonds is 20. The van der Waals surface area contributed by atoms with Gasteiger partial charge in [-0.3, -0.25) is 4.79 Å². The van der Waals surface area contributed by atoms with Crippen molar-refractivity contribution in [2.75, 3.05) is 65.5 Å². The molecule has 0 radical (unpaired) electrons. The second kappa shape index (κ2) is 22.1. The van der Waals surface area contributed by atoms with Gasteiger partial charge in [-0.1, -0.05) is 55.2 Å². The van der Waals surface area contributed by atoms with Crippen LogP contribution in [0.4, 0.5) is 5.69 Å². The molecule has 1 aliphatic heterocycles. The predicted molar refractivity (Wildman–Crippen MR) is 187 cm³/mol. The summed E-state index contributed by atoms with van der Waals surface area (Å²) in [5, 5.41) is 14.3. The topological polar surface area (TPSA) is 146 Å². The lowest BCUT2D eigenvalue weighted by Crippen LogP contribution is -2.36. The summed E-state index contributed by atoms with van der Waals surface area (Å²) in [5.74, 6) is 6.32. The molecule has 2 aromatic carbocycles. The fourth-order valence-electron chi connectivity index (χ4n) is 4.80. The van der Waals surface area contributed by atoms with Crippen LogP contribution >= 0.6 is 0 Å². The van der Waals surface area contributed by atoms with Gasteiger partial charge in [0.25, 0.3) is 5.91 Å². The Labute approximate surface area is 284 Å². The summed E-state index contributed by atoms with van der Waals surface area (Å²) >= 11 is 0. The van der Waals surface area contributed by atoms with Crippen LogP contribution in [-0.4, -0.2) is 97.9 Å². The smallest absolute Gasteiger partial charge is 0.255 e. The van der Waals surface area contributed by atoms with Crippen molar-refractivity contribution in [2.45, 2.75) is 45.3 Å². The number of aromatic nitrogens is 3. The van der Waals surface area contributed by atoms with Gasteiger partial charge in [-0.15, -0.1) is 5.10 Å². The van der Waals surface area contributed by atoms with E-state index in [1.165, 1.54) is 0 Å². The predicted octanol–water partition coefficient (Wildman–Crippen LogP) is 3.28. The fourth-order valence-corrected chi connectivity index (χ4v) is 4.80. The van der Waals surface area contributed by atoms with E-state index in [2.05, 4.69) is 39.4 Å². The Balaban J connectivity index is 0.00000148. The van der Waals surface area contributed by atoms with Gasteiger partial charge in [0.15, 0.2) is 0 Å². The molecule has 0 fully saturated rings. The first-order valence-electron chi connectivity index (χ1n) is 16.4. The second-order valence-corrected chi connectivity index (χ2v) is 10.9. The highest BCUT2D eigenvalue weighted by molar-refractivity contribution is 6.00. The molecule has 0 aliphatic carbocycles. The minimum absolute atomic E-state index is 0.0841. The number of amides is 1. The molecule has 48 heavy (non-hydrogen) atoms. The largest absolute Gasteiger partial charge is 0.399 e. The van der Waals surface area contributed by atoms with Gasteiger partial charge in [-0.05, 0) is 42.4 Å². The lowest BCUT2D eigenvalue weighted by Gasteiger charge is -2.22. The van der Waals surface area contributed by atoms with E-state index >= 15 is 0 Å². The van der Waals surface area contributed by atoms with Crippen LogP contribution in [0, 0.1) is 11.8 Å². The number of hydrogen-bond acceptors (Lipinski definition) is 10. The van der Waals surface area contributed by atoms with Crippen molar-refractivity contribution < 1.29 is 23.8 Å². The molecule has 0 saturated carbocycles. The maximum absolute atomic E-state index is 12.8. The van der Waals surface area contributed by atoms with Gasteiger partial charge in [0.05, 0.1) is 58.4 Å². The molecule has 12 heteroatoms. The first-order chi connectivity index (χ1) is 23.5. The van der Waals surface area contributed by atoms with Crippen molar-refractivity contribution in [3.05, 3.63) is 78.1 Å². The van der Waals surface area contributed by atoms with Crippen LogP contribution in [0.15, 0.2) is 61.4 Å². The van der Waals surface area contributed by atoms with Crippen LogP contribution in [0.25, 0.3) is 11.3 Å². The van der Waals surface area contributed by atoms with Gasteiger partial charge in [0.2, 0.25) is 0 Å². The van der Waals surface area contributed by atoms with Crippen molar-refractivity contribution in [2.24, 2.45) is 0 Å². The third-order valence-corrected chi connectivity index (χ3v) is 7.37. The summed E-state index contributed by atoms with van der Waals surface area (Å²) in [6.07, 6.45) is 6.58. The lowest BCUT2D eigenvalue weighted by molar-refractivity contribution is -0.112. The average molecular weight is 660 g/mol. The number of carbonyl (C=O) groups excluding carboxylic acids is 2. The van der Waals surface area contributed by atoms with Gasteiger partial charge in [0.1, 0.15) is 12.0 Å². The normalized spacial score (nSPS) is 12.4. The molecule has 1 unspecified atom stereocenters. The first-order valence-corrected chi connectivity index (χ1v) is 16.4. The highest BCUT2D eigenvalue weighted by Crippen LogP contribution is 2.28. The number of nitrogens with two attached hydrogens (primary N) is 1. The minimum Gasteiger partial charge on any atom is -0.399 e. The molecular weight excluding hydrogens is 610 g/mol. The van der Waals surface area contributed by atoms with Crippen molar-refractivity contribution in [1.82, 2.24) is 30.5 Å². The van der Waals surface area contributed by atoms with Crippen LogP contribution in [0.2, 0.25) is 0 Å². The van der Waals surface area contributed by atoms with E-state index in [-0.39, 0.29) is 11.9 Å². The number of anilines is 1. The van der Waals surface area contributed by atoms with Crippen molar-refractivity contribution in [3.8, 4) is 23.1 Å². The standard InChI is InChI=1S/C33H42N6O5.C3H7N/c1-2-6-29(25-40)39-23-31-26(8-5-9-30(31)33(39)41)7-3-4-14-35-15-17-42-19-21-44-22-20-43-18-16-38-24-32(36-37-38)27-10-12-28(34)13-11-27;1-3-4-2/h5,8-13,24-25,29,35H,2,4,6,14-23,34H2,1H3;3-4H,1H2,2H3. The maximum Gasteiger partial charge on any atom is 0.255 e. The van der Waals surface area contributed by atoms with Crippen LogP contribution in [0.1, 0.15) is 47.7 Å². The highest BCUT2D eigenvalue weighted by Gasteiger charge is 2.33. The molecule has 0 spiro atoms. The monoisotopic (exact) mass is 659 g/mol. The van der Waals surface area contributed by atoms with E-state index in [0.717, 1.165) is 48.2 Å². The van der Waals surface area contributed by atoms with E-state index in [1.54, 1.807) is 15.8 Å². The first kappa shape index (κ1) is 37.9. The highest BCUT2D eigenvalue weighted by atomic mass is 16.5. The molecule has 12 nitrogen and oxygen atoms in total. The quantitative estimate of drug-likeness (QED) is 0.0715. The molecule has 1 aromatic heterocycles.